The Kier molecular flexibility index (Phi) is 4.44. The van der Waals surface area contributed by atoms with Crippen LogP contribution in [0.4, 0.5) is 0 Å². The van der Waals surface area contributed by atoms with Gasteiger partial charge in [0.15, 0.2) is 4.67 Å². The highest BCUT2D eigenvalue weighted by atomic mass is 79.9. The van der Waals surface area contributed by atoms with Crippen molar-refractivity contribution in [3.05, 3.63) is 22.6 Å². The Morgan fingerprint density at radius 2 is 2.50 bits per heavy atom. The fourth-order valence-corrected chi connectivity index (χ4v) is 2.75. The summed E-state index contributed by atoms with van der Waals surface area (Å²) in [5.74, 6) is 0. The smallest absolute Gasteiger partial charge is 0.173 e. The normalized spacial score (nSPS) is 22.5. The average molecular weight is 288 g/mol. The quantitative estimate of drug-likeness (QED) is 0.903. The average Bonchev–Trinajstić information content (AvgIpc) is 2.92. The molecule has 0 bridgehead atoms. The highest BCUT2D eigenvalue weighted by Crippen LogP contribution is 2.29. The maximum absolute atomic E-state index is 5.63. The minimum Gasteiger partial charge on any atom is -0.457 e. The van der Waals surface area contributed by atoms with E-state index >= 15 is 0 Å². The molecule has 16 heavy (non-hydrogen) atoms. The first-order valence-electron chi connectivity index (χ1n) is 5.83. The van der Waals surface area contributed by atoms with Crippen molar-refractivity contribution in [2.24, 2.45) is 0 Å². The van der Waals surface area contributed by atoms with Gasteiger partial charge in [0.1, 0.15) is 0 Å². The summed E-state index contributed by atoms with van der Waals surface area (Å²) in [5.41, 5.74) is 1.19. The van der Waals surface area contributed by atoms with Crippen LogP contribution in [0.3, 0.4) is 0 Å². The molecule has 1 aliphatic heterocycles. The van der Waals surface area contributed by atoms with Crippen LogP contribution in [-0.4, -0.2) is 19.8 Å². The van der Waals surface area contributed by atoms with Crippen LogP contribution < -0.4 is 5.32 Å². The third-order valence-electron chi connectivity index (χ3n) is 3.17. The van der Waals surface area contributed by atoms with Crippen LogP contribution in [0.1, 0.15) is 37.3 Å². The summed E-state index contributed by atoms with van der Waals surface area (Å²) in [6.45, 7) is 0.935. The van der Waals surface area contributed by atoms with Crippen molar-refractivity contribution < 1.29 is 9.15 Å². The van der Waals surface area contributed by atoms with Gasteiger partial charge in [-0.05, 0) is 54.7 Å². The fourth-order valence-electron chi connectivity index (χ4n) is 2.23. The van der Waals surface area contributed by atoms with Gasteiger partial charge in [-0.3, -0.25) is 0 Å². The molecule has 1 fully saturated rings. The maximum Gasteiger partial charge on any atom is 0.173 e. The van der Waals surface area contributed by atoms with Crippen molar-refractivity contribution >= 4 is 15.9 Å². The van der Waals surface area contributed by atoms with Crippen molar-refractivity contribution in [1.29, 1.82) is 0 Å². The molecule has 4 heteroatoms. The van der Waals surface area contributed by atoms with E-state index in [-0.39, 0.29) is 0 Å². The minimum atomic E-state index is 0.345. The Morgan fingerprint density at radius 1 is 1.62 bits per heavy atom. The van der Waals surface area contributed by atoms with Crippen LogP contribution in [-0.2, 0) is 4.74 Å². The number of hydrogen-bond acceptors (Lipinski definition) is 3. The van der Waals surface area contributed by atoms with Crippen LogP contribution in [0.25, 0.3) is 0 Å². The molecule has 1 aliphatic rings. The Bertz CT molecular complexity index is 321. The summed E-state index contributed by atoms with van der Waals surface area (Å²) in [6.07, 6.45) is 6.80. The lowest BCUT2D eigenvalue weighted by Crippen LogP contribution is -2.18. The monoisotopic (exact) mass is 287 g/mol. The Morgan fingerprint density at radius 3 is 3.06 bits per heavy atom. The number of nitrogens with one attached hydrogen (secondary N) is 1. The first-order valence-corrected chi connectivity index (χ1v) is 6.62. The zero-order valence-corrected chi connectivity index (χ0v) is 11.1. The summed E-state index contributed by atoms with van der Waals surface area (Å²) in [5, 5.41) is 3.32. The molecule has 90 valence electrons. The van der Waals surface area contributed by atoms with Gasteiger partial charge < -0.3 is 14.5 Å². The van der Waals surface area contributed by atoms with E-state index in [1.165, 1.54) is 18.4 Å². The number of ether oxygens (including phenoxy) is 1. The predicted octanol–water partition coefficient (Wildman–Crippen LogP) is 3.26. The Balaban J connectivity index is 1.88. The lowest BCUT2D eigenvalue weighted by atomic mass is 10.0. The van der Waals surface area contributed by atoms with Gasteiger partial charge in [-0.1, -0.05) is 0 Å². The van der Waals surface area contributed by atoms with E-state index in [0.29, 0.717) is 12.1 Å². The molecule has 0 spiro atoms. The van der Waals surface area contributed by atoms with Gasteiger partial charge in [-0.2, -0.15) is 0 Å². The summed E-state index contributed by atoms with van der Waals surface area (Å²) in [7, 11) is 1.99. The van der Waals surface area contributed by atoms with Crippen molar-refractivity contribution in [3.63, 3.8) is 0 Å². The predicted molar refractivity (Wildman–Crippen MR) is 66.4 cm³/mol. The highest BCUT2D eigenvalue weighted by molar-refractivity contribution is 9.10. The number of rotatable bonds is 5. The molecule has 0 saturated carbocycles. The Hall–Kier alpha value is -0.320. The number of furan rings is 1. The lowest BCUT2D eigenvalue weighted by Gasteiger charge is -2.17. The summed E-state index contributed by atoms with van der Waals surface area (Å²) in [4.78, 5) is 0. The highest BCUT2D eigenvalue weighted by Gasteiger charge is 2.20. The summed E-state index contributed by atoms with van der Waals surface area (Å²) < 4.78 is 11.7. The molecule has 2 rings (SSSR count). The molecule has 0 amide bonds. The van der Waals surface area contributed by atoms with E-state index in [1.54, 1.807) is 6.26 Å². The second-order valence-corrected chi connectivity index (χ2v) is 4.92. The standard InChI is InChI=1S/C12H18BrNO2/c1-14-11(10-6-8-16-12(10)13)5-4-9-3-2-7-15-9/h6,8-9,11,14H,2-5,7H2,1H3. The van der Waals surface area contributed by atoms with Crippen molar-refractivity contribution in [2.75, 3.05) is 13.7 Å². The van der Waals surface area contributed by atoms with Crippen LogP contribution in [0.5, 0.6) is 0 Å². The van der Waals surface area contributed by atoms with Gasteiger partial charge in [-0.15, -0.1) is 0 Å². The third-order valence-corrected chi connectivity index (χ3v) is 3.82. The van der Waals surface area contributed by atoms with Crippen LogP contribution in [0, 0.1) is 0 Å². The molecule has 1 aromatic heterocycles. The first kappa shape index (κ1) is 12.1. The van der Waals surface area contributed by atoms with Gasteiger partial charge in [0.2, 0.25) is 0 Å². The van der Waals surface area contributed by atoms with Crippen molar-refractivity contribution in [2.45, 2.75) is 37.8 Å². The Labute approximate surface area is 105 Å². The zero-order valence-electron chi connectivity index (χ0n) is 9.54. The second-order valence-electron chi connectivity index (χ2n) is 4.20. The third kappa shape index (κ3) is 2.87. The van der Waals surface area contributed by atoms with E-state index in [2.05, 4.69) is 21.2 Å². The summed E-state index contributed by atoms with van der Waals surface area (Å²) in [6, 6.07) is 2.36. The number of hydrogen-bond donors (Lipinski definition) is 1. The van der Waals surface area contributed by atoms with Gasteiger partial charge in [-0.25, -0.2) is 0 Å². The van der Waals surface area contributed by atoms with E-state index < -0.39 is 0 Å². The molecule has 3 nitrogen and oxygen atoms in total. The second kappa shape index (κ2) is 5.84. The molecule has 1 aromatic rings. The van der Waals surface area contributed by atoms with Gasteiger partial charge in [0.25, 0.3) is 0 Å². The molecule has 0 radical (unpaired) electrons. The first-order chi connectivity index (χ1) is 7.81. The lowest BCUT2D eigenvalue weighted by molar-refractivity contribution is 0.0998. The van der Waals surface area contributed by atoms with E-state index in [4.69, 9.17) is 9.15 Å². The van der Waals surface area contributed by atoms with E-state index in [9.17, 15) is 0 Å². The number of halogens is 1. The molecule has 0 aromatic carbocycles. The SMILES string of the molecule is CNC(CCC1CCCO1)c1ccoc1Br. The molecular weight excluding hydrogens is 270 g/mol. The van der Waals surface area contributed by atoms with Crippen molar-refractivity contribution in [3.8, 4) is 0 Å². The zero-order chi connectivity index (χ0) is 11.4. The molecule has 0 aliphatic carbocycles. The molecule has 2 atom stereocenters. The van der Waals surface area contributed by atoms with Crippen LogP contribution in [0.2, 0.25) is 0 Å². The molecular formula is C12H18BrNO2. The van der Waals surface area contributed by atoms with Gasteiger partial charge in [0, 0.05) is 18.2 Å². The molecule has 2 heterocycles. The molecule has 2 unspecified atom stereocenters. The molecule has 1 N–H and O–H groups in total. The van der Waals surface area contributed by atoms with E-state index in [0.717, 1.165) is 24.1 Å². The minimum absolute atomic E-state index is 0.345. The van der Waals surface area contributed by atoms with Crippen LogP contribution in [0.15, 0.2) is 21.4 Å². The van der Waals surface area contributed by atoms with E-state index in [1.807, 2.05) is 13.1 Å². The van der Waals surface area contributed by atoms with Crippen molar-refractivity contribution in [1.82, 2.24) is 5.32 Å². The van der Waals surface area contributed by atoms with Gasteiger partial charge in [0.05, 0.1) is 12.4 Å². The van der Waals surface area contributed by atoms with Gasteiger partial charge >= 0.3 is 0 Å². The fraction of sp³-hybridized carbons (Fsp3) is 0.667. The largest absolute Gasteiger partial charge is 0.457 e. The summed E-state index contributed by atoms with van der Waals surface area (Å²) >= 11 is 3.42. The molecule has 1 saturated heterocycles. The topological polar surface area (TPSA) is 34.4 Å². The van der Waals surface area contributed by atoms with Crippen LogP contribution >= 0.6 is 15.9 Å². The maximum atomic E-state index is 5.63.